The van der Waals surface area contributed by atoms with Crippen molar-refractivity contribution in [2.45, 2.75) is 45.3 Å². The van der Waals surface area contributed by atoms with Crippen molar-refractivity contribution >= 4 is 11.8 Å². The lowest BCUT2D eigenvalue weighted by molar-refractivity contribution is -0.232. The lowest BCUT2D eigenvalue weighted by atomic mass is 9.62. The Morgan fingerprint density at radius 2 is 1.79 bits per heavy atom. The Kier molecular flexibility index (Phi) is 3.71. The van der Waals surface area contributed by atoms with Gasteiger partial charge in [0.15, 0.2) is 0 Å². The molecule has 5 nitrogen and oxygen atoms in total. The van der Waals surface area contributed by atoms with Crippen molar-refractivity contribution in [1.82, 2.24) is 5.32 Å². The molecule has 2 aliphatic rings. The molecule has 1 saturated heterocycles. The molecule has 108 valence electrons. The molecule has 0 aromatic carbocycles. The highest BCUT2D eigenvalue weighted by Gasteiger charge is 2.62. The number of carbonyl (C=O) groups is 2. The van der Waals surface area contributed by atoms with Crippen LogP contribution in [0, 0.1) is 17.3 Å². The summed E-state index contributed by atoms with van der Waals surface area (Å²) in [6.07, 6.45) is 4.22. The first-order valence-electron chi connectivity index (χ1n) is 6.84. The second-order valence-electron chi connectivity index (χ2n) is 6.21. The van der Waals surface area contributed by atoms with Gasteiger partial charge in [-0.1, -0.05) is 26.7 Å². The molecule has 5 heteroatoms. The predicted octanol–water partition coefficient (Wildman–Crippen LogP) is 1.46. The number of nitrogens with one attached hydrogen (secondary N) is 1. The van der Waals surface area contributed by atoms with Crippen LogP contribution in [0.4, 0.5) is 0 Å². The average Bonchev–Trinajstić information content (AvgIpc) is 2.60. The predicted molar refractivity (Wildman–Crippen MR) is 69.1 cm³/mol. The minimum atomic E-state index is -1.46. The van der Waals surface area contributed by atoms with E-state index in [1.54, 1.807) is 0 Å². The van der Waals surface area contributed by atoms with Crippen molar-refractivity contribution in [3.8, 4) is 0 Å². The number of methoxy groups -OCH3 is 2. The number of imide groups is 1. The van der Waals surface area contributed by atoms with E-state index in [1.165, 1.54) is 20.6 Å². The molecule has 0 aromatic heterocycles. The maximum Gasteiger partial charge on any atom is 0.287 e. The zero-order valence-corrected chi connectivity index (χ0v) is 12.1. The molecule has 1 aliphatic heterocycles. The topological polar surface area (TPSA) is 64.6 Å². The molecule has 1 N–H and O–H groups in total. The monoisotopic (exact) mass is 269 g/mol. The van der Waals surface area contributed by atoms with Crippen LogP contribution in [0.15, 0.2) is 0 Å². The van der Waals surface area contributed by atoms with E-state index in [2.05, 4.69) is 19.2 Å². The Bertz CT molecular complexity index is 387. The average molecular weight is 269 g/mol. The molecule has 1 saturated carbocycles. The van der Waals surface area contributed by atoms with Gasteiger partial charge in [-0.2, -0.15) is 0 Å². The van der Waals surface area contributed by atoms with Gasteiger partial charge in [-0.25, -0.2) is 0 Å². The van der Waals surface area contributed by atoms with E-state index in [4.69, 9.17) is 9.47 Å². The third-order valence-corrected chi connectivity index (χ3v) is 4.84. The van der Waals surface area contributed by atoms with Gasteiger partial charge in [0, 0.05) is 14.2 Å². The van der Waals surface area contributed by atoms with Crippen molar-refractivity contribution in [1.29, 1.82) is 0 Å². The van der Waals surface area contributed by atoms with Crippen molar-refractivity contribution < 1.29 is 19.1 Å². The summed E-state index contributed by atoms with van der Waals surface area (Å²) >= 11 is 0. The highest BCUT2D eigenvalue weighted by molar-refractivity contribution is 6.08. The molecule has 2 amide bonds. The first-order valence-corrected chi connectivity index (χ1v) is 6.84. The molecule has 0 bridgehead atoms. The molecular formula is C14H23NO4. The number of ether oxygens (including phenoxy) is 2. The Labute approximate surface area is 114 Å². The summed E-state index contributed by atoms with van der Waals surface area (Å²) in [4.78, 5) is 24.3. The summed E-state index contributed by atoms with van der Waals surface area (Å²) in [6, 6.07) is 0. The van der Waals surface area contributed by atoms with Gasteiger partial charge in [0.2, 0.25) is 5.91 Å². The Morgan fingerprint density at radius 1 is 1.16 bits per heavy atom. The summed E-state index contributed by atoms with van der Waals surface area (Å²) in [6.45, 7) is 4.31. The van der Waals surface area contributed by atoms with Gasteiger partial charge < -0.3 is 9.47 Å². The molecule has 0 aromatic rings. The smallest absolute Gasteiger partial charge is 0.287 e. The van der Waals surface area contributed by atoms with E-state index < -0.39 is 17.6 Å². The van der Waals surface area contributed by atoms with Gasteiger partial charge in [-0.05, 0) is 24.2 Å². The molecule has 1 heterocycles. The molecule has 2 fully saturated rings. The van der Waals surface area contributed by atoms with E-state index in [0.717, 1.165) is 19.3 Å². The van der Waals surface area contributed by atoms with Gasteiger partial charge in [0.25, 0.3) is 11.7 Å². The first kappa shape index (κ1) is 14.5. The summed E-state index contributed by atoms with van der Waals surface area (Å²) in [5.74, 6) is -2.68. The van der Waals surface area contributed by atoms with Crippen molar-refractivity contribution in [2.24, 2.45) is 17.3 Å². The SMILES string of the molecule is COC1(OC)C(=O)NC(=O)C1C1CCCCC1(C)C. The second kappa shape index (κ2) is 4.87. The zero-order chi connectivity index (χ0) is 14.3. The summed E-state index contributed by atoms with van der Waals surface area (Å²) in [5.41, 5.74) is 0.00713. The number of hydrogen-bond donors (Lipinski definition) is 1. The fourth-order valence-corrected chi connectivity index (χ4v) is 3.70. The Hall–Kier alpha value is -0.940. The number of rotatable bonds is 3. The van der Waals surface area contributed by atoms with Crippen LogP contribution < -0.4 is 5.32 Å². The molecular weight excluding hydrogens is 246 g/mol. The van der Waals surface area contributed by atoms with Crippen LogP contribution in [0.2, 0.25) is 0 Å². The van der Waals surface area contributed by atoms with Gasteiger partial charge >= 0.3 is 0 Å². The van der Waals surface area contributed by atoms with E-state index in [-0.39, 0.29) is 17.2 Å². The summed E-state index contributed by atoms with van der Waals surface area (Å²) < 4.78 is 10.7. The van der Waals surface area contributed by atoms with Crippen LogP contribution in [0.5, 0.6) is 0 Å². The molecule has 0 spiro atoms. The maximum absolute atomic E-state index is 12.2. The van der Waals surface area contributed by atoms with E-state index >= 15 is 0 Å². The minimum Gasteiger partial charge on any atom is -0.345 e. The molecule has 2 unspecified atom stereocenters. The third kappa shape index (κ3) is 2.09. The Morgan fingerprint density at radius 3 is 2.32 bits per heavy atom. The number of hydrogen-bond acceptors (Lipinski definition) is 4. The largest absolute Gasteiger partial charge is 0.345 e. The molecule has 0 radical (unpaired) electrons. The van der Waals surface area contributed by atoms with E-state index in [0.29, 0.717) is 0 Å². The number of amides is 2. The van der Waals surface area contributed by atoms with Crippen LogP contribution >= 0.6 is 0 Å². The van der Waals surface area contributed by atoms with Gasteiger partial charge in [0.05, 0.1) is 0 Å². The lowest BCUT2D eigenvalue weighted by Crippen LogP contribution is -2.52. The fourth-order valence-electron chi connectivity index (χ4n) is 3.70. The van der Waals surface area contributed by atoms with Crippen molar-refractivity contribution in [3.63, 3.8) is 0 Å². The zero-order valence-electron chi connectivity index (χ0n) is 12.1. The van der Waals surface area contributed by atoms with E-state index in [1.807, 2.05) is 0 Å². The number of carbonyl (C=O) groups excluding carboxylic acids is 2. The molecule has 2 atom stereocenters. The summed E-state index contributed by atoms with van der Waals surface area (Å²) in [7, 11) is 2.84. The Balaban J connectivity index is 2.40. The maximum atomic E-state index is 12.2. The van der Waals surface area contributed by atoms with Gasteiger partial charge in [0.1, 0.15) is 5.92 Å². The molecule has 19 heavy (non-hydrogen) atoms. The van der Waals surface area contributed by atoms with Crippen LogP contribution in [-0.2, 0) is 19.1 Å². The van der Waals surface area contributed by atoms with Crippen LogP contribution in [0.25, 0.3) is 0 Å². The van der Waals surface area contributed by atoms with Crippen molar-refractivity contribution in [3.05, 3.63) is 0 Å². The standard InChI is InChI=1S/C14H23NO4/c1-13(2)8-6-5-7-9(13)10-11(16)15-12(17)14(10,18-3)19-4/h9-10H,5-8H2,1-4H3,(H,15,16,17). The fraction of sp³-hybridized carbons (Fsp3) is 0.857. The van der Waals surface area contributed by atoms with Crippen LogP contribution in [0.3, 0.4) is 0 Å². The normalized spacial score (nSPS) is 33.3. The molecule has 2 rings (SSSR count). The van der Waals surface area contributed by atoms with Gasteiger partial charge in [-0.15, -0.1) is 0 Å². The first-order chi connectivity index (χ1) is 8.89. The van der Waals surface area contributed by atoms with E-state index in [9.17, 15) is 9.59 Å². The van der Waals surface area contributed by atoms with Crippen LogP contribution in [0.1, 0.15) is 39.5 Å². The quantitative estimate of drug-likeness (QED) is 0.622. The third-order valence-electron chi connectivity index (χ3n) is 4.84. The van der Waals surface area contributed by atoms with Crippen LogP contribution in [-0.4, -0.2) is 31.8 Å². The van der Waals surface area contributed by atoms with Crippen molar-refractivity contribution in [2.75, 3.05) is 14.2 Å². The second-order valence-corrected chi connectivity index (χ2v) is 6.21. The summed E-state index contributed by atoms with van der Waals surface area (Å²) in [5, 5.41) is 2.37. The minimum absolute atomic E-state index is 0.00713. The molecule has 1 aliphatic carbocycles. The highest BCUT2D eigenvalue weighted by Crippen LogP contribution is 2.49. The van der Waals surface area contributed by atoms with Gasteiger partial charge in [-0.3, -0.25) is 14.9 Å². The highest BCUT2D eigenvalue weighted by atomic mass is 16.7. The lowest BCUT2D eigenvalue weighted by Gasteiger charge is -2.44.